The first kappa shape index (κ1) is 22.2. The van der Waals surface area contributed by atoms with Crippen LogP contribution in [0.25, 0.3) is 5.73 Å². The SMILES string of the molecule is C[C@@H]1CCCN([C@@H](C)C([NH-])=O)C(=O)[C@H]1NS(=O)(=O)c1ccccc1.[Y]. The number of nitrogens with one attached hydrogen (secondary N) is 2. The van der Waals surface area contributed by atoms with Gasteiger partial charge in [0.25, 0.3) is 0 Å². The Bertz CT molecular complexity index is 711. The van der Waals surface area contributed by atoms with E-state index in [-0.39, 0.29) is 43.5 Å². The number of sulfonamides is 1. The smallest absolute Gasteiger partial charge is 0.241 e. The fraction of sp³-hybridized carbons (Fsp3) is 0.500. The van der Waals surface area contributed by atoms with E-state index in [4.69, 9.17) is 5.73 Å². The van der Waals surface area contributed by atoms with Crippen LogP contribution in [0.3, 0.4) is 0 Å². The van der Waals surface area contributed by atoms with Crippen molar-refractivity contribution in [3.05, 3.63) is 36.1 Å². The van der Waals surface area contributed by atoms with Crippen molar-refractivity contribution in [2.45, 2.75) is 43.7 Å². The molecule has 2 N–H and O–H groups in total. The predicted octanol–water partition coefficient (Wildman–Crippen LogP) is 1.56. The molecule has 2 amide bonds. The molecule has 9 heteroatoms. The van der Waals surface area contributed by atoms with Gasteiger partial charge in [0.05, 0.1) is 16.8 Å². The van der Waals surface area contributed by atoms with E-state index in [2.05, 4.69) is 4.72 Å². The first-order valence-electron chi connectivity index (χ1n) is 7.87. The van der Waals surface area contributed by atoms with E-state index in [1.54, 1.807) is 18.2 Å². The second kappa shape index (κ2) is 9.21. The molecule has 1 saturated heterocycles. The van der Waals surface area contributed by atoms with Crippen LogP contribution in [0.1, 0.15) is 26.7 Å². The van der Waals surface area contributed by atoms with E-state index in [0.717, 1.165) is 0 Å². The Morgan fingerprint density at radius 3 is 2.48 bits per heavy atom. The van der Waals surface area contributed by atoms with Crippen LogP contribution in [0.2, 0.25) is 0 Å². The maximum absolute atomic E-state index is 12.8. The van der Waals surface area contributed by atoms with Gasteiger partial charge in [-0.05, 0) is 37.8 Å². The first-order valence-corrected chi connectivity index (χ1v) is 9.35. The van der Waals surface area contributed by atoms with Crippen LogP contribution in [-0.4, -0.2) is 43.8 Å². The molecule has 0 aliphatic carbocycles. The Labute approximate surface area is 173 Å². The summed E-state index contributed by atoms with van der Waals surface area (Å²) in [6.07, 6.45) is 1.32. The molecule has 1 aliphatic rings. The van der Waals surface area contributed by atoms with Gasteiger partial charge in [0.15, 0.2) is 0 Å². The average molecular weight is 441 g/mol. The molecular weight excluding hydrogens is 419 g/mol. The predicted molar refractivity (Wildman–Crippen MR) is 89.5 cm³/mol. The monoisotopic (exact) mass is 441 g/mol. The second-order valence-corrected chi connectivity index (χ2v) is 7.82. The number of amides is 2. The number of carbonyl (C=O) groups excluding carboxylic acids is 2. The fourth-order valence-electron chi connectivity index (χ4n) is 2.81. The summed E-state index contributed by atoms with van der Waals surface area (Å²) in [5, 5.41) is 0. The van der Waals surface area contributed by atoms with Gasteiger partial charge in [-0.15, -0.1) is 0 Å². The molecule has 3 atom stereocenters. The van der Waals surface area contributed by atoms with Gasteiger partial charge >= 0.3 is 0 Å². The summed E-state index contributed by atoms with van der Waals surface area (Å²) in [4.78, 5) is 25.5. The molecule has 0 bridgehead atoms. The molecule has 1 heterocycles. The van der Waals surface area contributed by atoms with Crippen LogP contribution in [0.5, 0.6) is 0 Å². The van der Waals surface area contributed by atoms with E-state index in [9.17, 15) is 18.0 Å². The van der Waals surface area contributed by atoms with Crippen molar-refractivity contribution in [1.29, 1.82) is 0 Å². The van der Waals surface area contributed by atoms with Crippen molar-refractivity contribution < 1.29 is 50.7 Å². The molecular formula is C16H22N3O4SY-. The average Bonchev–Trinajstić information content (AvgIpc) is 2.68. The summed E-state index contributed by atoms with van der Waals surface area (Å²) in [6, 6.07) is 6.03. The van der Waals surface area contributed by atoms with Crippen molar-refractivity contribution in [2.75, 3.05) is 6.54 Å². The standard InChI is InChI=1S/C16H23N3O4S.Y/c1-11-7-6-10-19(12(2)15(17)20)16(21)14(11)18-24(22,23)13-8-4-3-5-9-13;/h3-5,8-9,11-12,14,18H,6-7,10H2,1-2H3,(H2,17,20);/p-1/t11-,12+,14+;/m1./s1. The quantitative estimate of drug-likeness (QED) is 0.748. The Balaban J connectivity index is 0.00000312. The number of carbonyl (C=O) groups is 2. The van der Waals surface area contributed by atoms with E-state index in [0.29, 0.717) is 19.4 Å². The maximum Gasteiger partial charge on any atom is 0.241 e. The minimum Gasteiger partial charge on any atom is -0.666 e. The normalized spacial score (nSPS) is 22.6. The molecule has 0 saturated carbocycles. The van der Waals surface area contributed by atoms with Crippen molar-refractivity contribution in [1.82, 2.24) is 9.62 Å². The van der Waals surface area contributed by atoms with Gasteiger partial charge < -0.3 is 15.4 Å². The van der Waals surface area contributed by atoms with Crippen LogP contribution in [-0.2, 0) is 52.3 Å². The molecule has 0 spiro atoms. The third kappa shape index (κ3) is 5.32. The largest absolute Gasteiger partial charge is 0.666 e. The summed E-state index contributed by atoms with van der Waals surface area (Å²) in [5.41, 5.74) is 7.24. The van der Waals surface area contributed by atoms with Crippen LogP contribution in [0, 0.1) is 5.92 Å². The summed E-state index contributed by atoms with van der Waals surface area (Å²) in [5.74, 6) is -1.51. The van der Waals surface area contributed by atoms with E-state index < -0.39 is 33.9 Å². The molecule has 1 radical (unpaired) electrons. The van der Waals surface area contributed by atoms with Gasteiger partial charge in [0, 0.05) is 39.3 Å². The minimum absolute atomic E-state index is 0. The molecule has 2 rings (SSSR count). The number of hydrogen-bond donors (Lipinski definition) is 1. The summed E-state index contributed by atoms with van der Waals surface area (Å²) in [7, 11) is -3.84. The fourth-order valence-corrected chi connectivity index (χ4v) is 4.13. The topological polar surface area (TPSA) is 107 Å². The van der Waals surface area contributed by atoms with Gasteiger partial charge in [-0.1, -0.05) is 25.1 Å². The number of rotatable bonds is 5. The van der Waals surface area contributed by atoms with Crippen molar-refractivity contribution in [2.24, 2.45) is 5.92 Å². The third-order valence-electron chi connectivity index (χ3n) is 4.36. The number of nitrogens with zero attached hydrogens (tertiary/aromatic N) is 1. The van der Waals surface area contributed by atoms with Crippen molar-refractivity contribution in [3.8, 4) is 0 Å². The maximum atomic E-state index is 12.8. The van der Waals surface area contributed by atoms with Crippen LogP contribution in [0.4, 0.5) is 0 Å². The number of benzene rings is 1. The Kier molecular flexibility index (Phi) is 8.18. The zero-order valence-electron chi connectivity index (χ0n) is 14.3. The van der Waals surface area contributed by atoms with Gasteiger partial charge in [-0.25, -0.2) is 8.42 Å². The second-order valence-electron chi connectivity index (χ2n) is 6.10. The van der Waals surface area contributed by atoms with E-state index in [1.807, 2.05) is 6.92 Å². The minimum atomic E-state index is -3.84. The number of likely N-dealkylation sites (tertiary alicyclic amines) is 1. The molecule has 1 aromatic carbocycles. The van der Waals surface area contributed by atoms with E-state index in [1.165, 1.54) is 24.0 Å². The summed E-state index contributed by atoms with van der Waals surface area (Å²) >= 11 is 0. The van der Waals surface area contributed by atoms with Gasteiger partial charge in [0.2, 0.25) is 15.9 Å². The van der Waals surface area contributed by atoms with Crippen molar-refractivity contribution >= 4 is 21.8 Å². The molecule has 7 nitrogen and oxygen atoms in total. The Hall–Kier alpha value is -0.826. The van der Waals surface area contributed by atoms with Gasteiger partial charge in [0.1, 0.15) is 6.04 Å². The Morgan fingerprint density at radius 1 is 1.32 bits per heavy atom. The van der Waals surface area contributed by atoms with Crippen molar-refractivity contribution in [3.63, 3.8) is 0 Å². The van der Waals surface area contributed by atoms with E-state index >= 15 is 0 Å². The third-order valence-corrected chi connectivity index (χ3v) is 5.82. The molecule has 135 valence electrons. The molecule has 1 aliphatic heterocycles. The molecule has 0 unspecified atom stereocenters. The molecule has 25 heavy (non-hydrogen) atoms. The molecule has 1 aromatic rings. The zero-order chi connectivity index (χ0) is 17.9. The zero-order valence-corrected chi connectivity index (χ0v) is 18.0. The Morgan fingerprint density at radius 2 is 1.92 bits per heavy atom. The molecule has 1 fully saturated rings. The van der Waals surface area contributed by atoms with Crippen LogP contribution >= 0.6 is 0 Å². The molecule has 0 aromatic heterocycles. The van der Waals surface area contributed by atoms with Gasteiger partial charge in [-0.2, -0.15) is 4.72 Å². The summed E-state index contributed by atoms with van der Waals surface area (Å²) < 4.78 is 27.5. The van der Waals surface area contributed by atoms with Crippen LogP contribution < -0.4 is 4.72 Å². The van der Waals surface area contributed by atoms with Crippen LogP contribution in [0.15, 0.2) is 35.2 Å². The number of hydrogen-bond acceptors (Lipinski definition) is 4. The first-order chi connectivity index (χ1) is 11.2. The van der Waals surface area contributed by atoms with Gasteiger partial charge in [-0.3, -0.25) is 4.79 Å². The summed E-state index contributed by atoms with van der Waals surface area (Å²) in [6.45, 7) is 3.65.